The van der Waals surface area contributed by atoms with Gasteiger partial charge < -0.3 is 20.3 Å². The minimum atomic E-state index is -3.64. The minimum absolute atomic E-state index is 0.0950. The average Bonchev–Trinajstić information content (AvgIpc) is 2.86. The molecule has 2 N–H and O–H groups in total. The molecule has 4 rings (SSSR count). The number of sulfonamides is 1. The Morgan fingerprint density at radius 3 is 2.21 bits per heavy atom. The Balaban J connectivity index is 1.28. The van der Waals surface area contributed by atoms with Gasteiger partial charge in [0.1, 0.15) is 0 Å². The van der Waals surface area contributed by atoms with Gasteiger partial charge >= 0.3 is 6.03 Å². The number of amides is 3. The lowest BCUT2D eigenvalue weighted by Gasteiger charge is -2.34. The number of urea groups is 1. The number of nitrogens with zero attached hydrogens (tertiary/aromatic N) is 3. The average molecular weight is 488 g/mol. The van der Waals surface area contributed by atoms with E-state index in [1.807, 2.05) is 35.2 Å². The van der Waals surface area contributed by atoms with Crippen molar-refractivity contribution >= 4 is 33.3 Å². The van der Waals surface area contributed by atoms with Gasteiger partial charge in [-0.05, 0) is 30.3 Å². The first kappa shape index (κ1) is 24.1. The van der Waals surface area contributed by atoms with Crippen molar-refractivity contribution in [3.63, 3.8) is 0 Å². The summed E-state index contributed by atoms with van der Waals surface area (Å²) < 4.78 is 32.4. The fourth-order valence-corrected chi connectivity index (χ4v) is 5.36. The van der Waals surface area contributed by atoms with Crippen LogP contribution in [-0.2, 0) is 19.6 Å². The van der Waals surface area contributed by atoms with Crippen LogP contribution >= 0.6 is 0 Å². The quantitative estimate of drug-likeness (QED) is 0.639. The third-order valence-electron chi connectivity index (χ3n) is 5.78. The van der Waals surface area contributed by atoms with Gasteiger partial charge in [-0.1, -0.05) is 24.3 Å². The molecule has 182 valence electrons. The van der Waals surface area contributed by atoms with E-state index in [9.17, 15) is 18.0 Å². The fourth-order valence-electron chi connectivity index (χ4n) is 3.91. The highest BCUT2D eigenvalue weighted by atomic mass is 32.2. The van der Waals surface area contributed by atoms with Gasteiger partial charge in [0.25, 0.3) is 0 Å². The Hall–Kier alpha value is -2.99. The van der Waals surface area contributed by atoms with Crippen molar-refractivity contribution in [1.82, 2.24) is 14.1 Å². The fraction of sp³-hybridized carbons (Fsp3) is 0.391. The molecular weight excluding hydrogens is 458 g/mol. The summed E-state index contributed by atoms with van der Waals surface area (Å²) in [6.07, 6.45) is 0. The molecule has 0 bridgehead atoms. The second kappa shape index (κ2) is 11.0. The van der Waals surface area contributed by atoms with Gasteiger partial charge in [-0.15, -0.1) is 0 Å². The molecule has 0 radical (unpaired) electrons. The third-order valence-corrected chi connectivity index (χ3v) is 7.67. The largest absolute Gasteiger partial charge is 0.379 e. The Morgan fingerprint density at radius 2 is 1.50 bits per heavy atom. The van der Waals surface area contributed by atoms with Crippen molar-refractivity contribution in [2.24, 2.45) is 0 Å². The van der Waals surface area contributed by atoms with Crippen molar-refractivity contribution in [2.45, 2.75) is 4.90 Å². The summed E-state index contributed by atoms with van der Waals surface area (Å²) in [5.41, 5.74) is 1.17. The number of para-hydroxylation sites is 1. The highest BCUT2D eigenvalue weighted by Crippen LogP contribution is 2.21. The van der Waals surface area contributed by atoms with Crippen molar-refractivity contribution in [3.8, 4) is 0 Å². The molecule has 34 heavy (non-hydrogen) atoms. The standard InChI is InChI=1S/C23H29N5O5S/c29-22(24-19-5-2-1-3-6-19)18-26-9-11-27(12-10-26)23(30)25-20-7-4-8-21(17-20)34(31,32)28-13-15-33-16-14-28/h1-8,17H,9-16,18H2,(H,24,29)(H,25,30). The normalized spacial score (nSPS) is 17.8. The number of ether oxygens (including phenoxy) is 1. The molecule has 2 saturated heterocycles. The van der Waals surface area contributed by atoms with E-state index in [0.717, 1.165) is 5.69 Å². The molecule has 2 aromatic rings. The van der Waals surface area contributed by atoms with Gasteiger partial charge in [0.15, 0.2) is 0 Å². The number of hydrogen-bond donors (Lipinski definition) is 2. The summed E-state index contributed by atoms with van der Waals surface area (Å²) in [6.45, 7) is 3.70. The van der Waals surface area contributed by atoms with E-state index < -0.39 is 10.0 Å². The predicted octanol–water partition coefficient (Wildman–Crippen LogP) is 1.50. The first-order valence-corrected chi connectivity index (χ1v) is 12.7. The third kappa shape index (κ3) is 6.11. The molecule has 2 aromatic carbocycles. The van der Waals surface area contributed by atoms with Crippen molar-refractivity contribution in [3.05, 3.63) is 54.6 Å². The van der Waals surface area contributed by atoms with Crippen LogP contribution in [0.25, 0.3) is 0 Å². The predicted molar refractivity (Wildman–Crippen MR) is 128 cm³/mol. The molecule has 0 saturated carbocycles. The zero-order valence-electron chi connectivity index (χ0n) is 18.9. The zero-order chi connectivity index (χ0) is 24.0. The molecule has 3 amide bonds. The number of nitrogens with one attached hydrogen (secondary N) is 2. The number of carbonyl (C=O) groups excluding carboxylic acids is 2. The van der Waals surface area contributed by atoms with E-state index in [-0.39, 0.29) is 23.4 Å². The molecule has 0 spiro atoms. The molecule has 10 nitrogen and oxygen atoms in total. The maximum Gasteiger partial charge on any atom is 0.321 e. The van der Waals surface area contributed by atoms with E-state index in [0.29, 0.717) is 58.2 Å². The molecule has 0 atom stereocenters. The van der Waals surface area contributed by atoms with Gasteiger partial charge in [0, 0.05) is 50.6 Å². The van der Waals surface area contributed by atoms with E-state index in [4.69, 9.17) is 4.74 Å². The monoisotopic (exact) mass is 487 g/mol. The minimum Gasteiger partial charge on any atom is -0.379 e. The molecule has 0 aliphatic carbocycles. The lowest BCUT2D eigenvalue weighted by atomic mass is 10.3. The number of hydrogen-bond acceptors (Lipinski definition) is 6. The Labute approximate surface area is 199 Å². The topological polar surface area (TPSA) is 111 Å². The molecule has 2 aliphatic rings. The van der Waals surface area contributed by atoms with Crippen LogP contribution in [0.2, 0.25) is 0 Å². The van der Waals surface area contributed by atoms with Crippen LogP contribution in [0.15, 0.2) is 59.5 Å². The van der Waals surface area contributed by atoms with Crippen molar-refractivity contribution in [2.75, 3.05) is 69.7 Å². The lowest BCUT2D eigenvalue weighted by Crippen LogP contribution is -2.51. The molecule has 11 heteroatoms. The number of piperazine rings is 1. The second-order valence-corrected chi connectivity index (χ2v) is 10.1. The maximum absolute atomic E-state index is 12.9. The van der Waals surface area contributed by atoms with Crippen LogP contribution in [0.3, 0.4) is 0 Å². The van der Waals surface area contributed by atoms with Crippen molar-refractivity contribution < 1.29 is 22.7 Å². The highest BCUT2D eigenvalue weighted by molar-refractivity contribution is 7.89. The van der Waals surface area contributed by atoms with Gasteiger partial charge in [-0.25, -0.2) is 13.2 Å². The summed E-state index contributed by atoms with van der Waals surface area (Å²) in [4.78, 5) is 28.8. The summed E-state index contributed by atoms with van der Waals surface area (Å²) in [5, 5.41) is 5.66. The zero-order valence-corrected chi connectivity index (χ0v) is 19.7. The molecular formula is C23H29N5O5S. The number of rotatable bonds is 6. The molecule has 2 aliphatic heterocycles. The summed E-state index contributed by atoms with van der Waals surface area (Å²) >= 11 is 0. The number of benzene rings is 2. The van der Waals surface area contributed by atoms with E-state index in [1.165, 1.54) is 16.4 Å². The maximum atomic E-state index is 12.9. The Kier molecular flexibility index (Phi) is 7.78. The van der Waals surface area contributed by atoms with Crippen LogP contribution in [0.1, 0.15) is 0 Å². The van der Waals surface area contributed by atoms with E-state index >= 15 is 0 Å². The summed E-state index contributed by atoms with van der Waals surface area (Å²) in [7, 11) is -3.64. The van der Waals surface area contributed by atoms with Gasteiger partial charge in [-0.3, -0.25) is 9.69 Å². The van der Waals surface area contributed by atoms with Crippen LogP contribution in [0.5, 0.6) is 0 Å². The Morgan fingerprint density at radius 1 is 0.824 bits per heavy atom. The number of morpholine rings is 1. The molecule has 0 unspecified atom stereocenters. The molecule has 2 heterocycles. The van der Waals surface area contributed by atoms with Gasteiger partial charge in [0.05, 0.1) is 24.7 Å². The number of carbonyl (C=O) groups is 2. The van der Waals surface area contributed by atoms with Crippen LogP contribution in [0.4, 0.5) is 16.2 Å². The first-order chi connectivity index (χ1) is 16.4. The summed E-state index contributed by atoms with van der Waals surface area (Å²) in [6, 6.07) is 15.3. The van der Waals surface area contributed by atoms with Crippen LogP contribution in [-0.4, -0.2) is 93.5 Å². The Bertz CT molecular complexity index is 1100. The summed E-state index contributed by atoms with van der Waals surface area (Å²) in [5.74, 6) is -0.0950. The van der Waals surface area contributed by atoms with Gasteiger partial charge in [0.2, 0.25) is 15.9 Å². The molecule has 0 aromatic heterocycles. The number of anilines is 2. The van der Waals surface area contributed by atoms with Crippen LogP contribution < -0.4 is 10.6 Å². The first-order valence-electron chi connectivity index (χ1n) is 11.2. The van der Waals surface area contributed by atoms with Gasteiger partial charge in [-0.2, -0.15) is 4.31 Å². The van der Waals surface area contributed by atoms with E-state index in [2.05, 4.69) is 10.6 Å². The SMILES string of the molecule is O=C(CN1CCN(C(=O)Nc2cccc(S(=O)(=O)N3CCOCC3)c2)CC1)Nc1ccccc1. The van der Waals surface area contributed by atoms with Crippen molar-refractivity contribution in [1.29, 1.82) is 0 Å². The van der Waals surface area contributed by atoms with Crippen LogP contribution in [0, 0.1) is 0 Å². The lowest BCUT2D eigenvalue weighted by molar-refractivity contribution is -0.117. The molecule has 2 fully saturated rings. The highest BCUT2D eigenvalue weighted by Gasteiger charge is 2.27. The smallest absolute Gasteiger partial charge is 0.321 e. The van der Waals surface area contributed by atoms with E-state index in [1.54, 1.807) is 17.0 Å². The second-order valence-electron chi connectivity index (χ2n) is 8.15.